The fraction of sp³-hybridized carbons (Fsp3) is 0.136. The van der Waals surface area contributed by atoms with Gasteiger partial charge in [-0.3, -0.25) is 9.89 Å². The highest BCUT2D eigenvalue weighted by Crippen LogP contribution is 2.34. The first-order chi connectivity index (χ1) is 14.6. The summed E-state index contributed by atoms with van der Waals surface area (Å²) in [5, 5.41) is 3.71. The Morgan fingerprint density at radius 2 is 1.87 bits per heavy atom. The zero-order valence-corrected chi connectivity index (χ0v) is 17.4. The average Bonchev–Trinajstić information content (AvgIpc) is 3.34. The van der Waals surface area contributed by atoms with Gasteiger partial charge in [0, 0.05) is 11.3 Å². The van der Waals surface area contributed by atoms with Gasteiger partial charge >= 0.3 is 0 Å². The zero-order chi connectivity index (χ0) is 20.8. The number of benzene rings is 2. The van der Waals surface area contributed by atoms with Crippen molar-refractivity contribution in [1.82, 2.24) is 19.6 Å². The van der Waals surface area contributed by atoms with Crippen LogP contribution >= 0.6 is 11.8 Å². The number of fused-ring (bicyclic) bond motifs is 2. The normalized spacial score (nSPS) is 11.4. The Balaban J connectivity index is 1.81. The van der Waals surface area contributed by atoms with Gasteiger partial charge in [0.2, 0.25) is 5.89 Å². The topological polar surface area (TPSA) is 85.4 Å². The first kappa shape index (κ1) is 18.5. The maximum atomic E-state index is 13.5. The standard InChI is InChI=1S/C22H18N4O3S/c1-12-16(13-8-5-4-6-9-13)19-24-21(30-3)17(22(27)26(19)25-12)20-23-18-14(28-2)10-7-11-15(18)29-20/h4-11,25H,1-3H3. The summed E-state index contributed by atoms with van der Waals surface area (Å²) in [6, 6.07) is 15.3. The predicted molar refractivity (Wildman–Crippen MR) is 117 cm³/mol. The molecular weight excluding hydrogens is 400 g/mol. The smallest absolute Gasteiger partial charge is 0.286 e. The lowest BCUT2D eigenvalue weighted by molar-refractivity contribution is 0.419. The predicted octanol–water partition coefficient (Wildman–Crippen LogP) is 4.54. The molecule has 30 heavy (non-hydrogen) atoms. The van der Waals surface area contributed by atoms with Gasteiger partial charge in [0.05, 0.1) is 7.11 Å². The van der Waals surface area contributed by atoms with Gasteiger partial charge in [-0.25, -0.2) is 14.5 Å². The van der Waals surface area contributed by atoms with Crippen LogP contribution in [0.5, 0.6) is 5.75 Å². The molecule has 5 rings (SSSR count). The molecule has 150 valence electrons. The number of aromatic amines is 1. The lowest BCUT2D eigenvalue weighted by Crippen LogP contribution is -2.19. The van der Waals surface area contributed by atoms with Gasteiger partial charge < -0.3 is 9.15 Å². The van der Waals surface area contributed by atoms with Crippen molar-refractivity contribution in [3.05, 3.63) is 64.6 Å². The number of H-pyrrole nitrogens is 1. The van der Waals surface area contributed by atoms with E-state index in [9.17, 15) is 4.79 Å². The van der Waals surface area contributed by atoms with Crippen LogP contribution in [0.3, 0.4) is 0 Å². The Morgan fingerprint density at radius 1 is 1.07 bits per heavy atom. The molecule has 1 N–H and O–H groups in total. The minimum absolute atomic E-state index is 0.222. The molecule has 8 heteroatoms. The van der Waals surface area contributed by atoms with Crippen LogP contribution in [-0.2, 0) is 0 Å². The highest BCUT2D eigenvalue weighted by Gasteiger charge is 2.24. The van der Waals surface area contributed by atoms with Gasteiger partial charge in [-0.05, 0) is 30.9 Å². The van der Waals surface area contributed by atoms with E-state index in [-0.39, 0.29) is 11.4 Å². The van der Waals surface area contributed by atoms with Gasteiger partial charge in [-0.15, -0.1) is 11.8 Å². The third-order valence-corrected chi connectivity index (χ3v) is 5.68. The second kappa shape index (κ2) is 7.07. The monoisotopic (exact) mass is 418 g/mol. The molecule has 0 saturated heterocycles. The van der Waals surface area contributed by atoms with Crippen LogP contribution in [0.2, 0.25) is 0 Å². The van der Waals surface area contributed by atoms with Crippen molar-refractivity contribution >= 4 is 28.5 Å². The van der Waals surface area contributed by atoms with Crippen LogP contribution in [0.25, 0.3) is 39.3 Å². The maximum Gasteiger partial charge on any atom is 0.286 e. The van der Waals surface area contributed by atoms with Gasteiger partial charge in [0.15, 0.2) is 16.7 Å². The van der Waals surface area contributed by atoms with E-state index in [0.717, 1.165) is 16.8 Å². The Hall–Kier alpha value is -3.52. The van der Waals surface area contributed by atoms with Crippen LogP contribution in [-0.4, -0.2) is 32.9 Å². The molecule has 7 nitrogen and oxygen atoms in total. The molecule has 0 amide bonds. The number of nitrogens with one attached hydrogen (secondary N) is 1. The molecule has 2 aromatic carbocycles. The van der Waals surface area contributed by atoms with Crippen molar-refractivity contribution in [3.63, 3.8) is 0 Å². The number of rotatable bonds is 4. The fourth-order valence-corrected chi connectivity index (χ4v) is 4.20. The molecule has 0 atom stereocenters. The van der Waals surface area contributed by atoms with Crippen LogP contribution in [0.15, 0.2) is 62.8 Å². The summed E-state index contributed by atoms with van der Waals surface area (Å²) in [4.78, 5) is 22.8. The molecular formula is C22H18N4O3S. The van der Waals surface area contributed by atoms with E-state index in [1.54, 1.807) is 19.2 Å². The van der Waals surface area contributed by atoms with E-state index in [1.807, 2.05) is 49.6 Å². The highest BCUT2D eigenvalue weighted by molar-refractivity contribution is 7.98. The minimum atomic E-state index is -0.264. The van der Waals surface area contributed by atoms with Gasteiger partial charge in [-0.2, -0.15) is 0 Å². The van der Waals surface area contributed by atoms with E-state index in [4.69, 9.17) is 14.1 Å². The molecule has 0 bridgehead atoms. The second-order valence-corrected chi connectivity index (χ2v) is 7.56. The van der Waals surface area contributed by atoms with Crippen molar-refractivity contribution < 1.29 is 9.15 Å². The number of oxazole rings is 1. The summed E-state index contributed by atoms with van der Waals surface area (Å²) < 4.78 is 12.7. The quantitative estimate of drug-likeness (QED) is 0.341. The molecule has 0 saturated carbocycles. The van der Waals surface area contributed by atoms with E-state index >= 15 is 0 Å². The molecule has 5 aromatic rings. The van der Waals surface area contributed by atoms with E-state index in [1.165, 1.54) is 16.3 Å². The molecule has 0 unspecified atom stereocenters. The van der Waals surface area contributed by atoms with Gasteiger partial charge in [-0.1, -0.05) is 36.4 Å². The Kier molecular flexibility index (Phi) is 4.36. The Labute approximate surface area is 175 Å². The van der Waals surface area contributed by atoms with Gasteiger partial charge in [0.1, 0.15) is 16.3 Å². The molecule has 0 radical (unpaired) electrons. The third-order valence-electron chi connectivity index (χ3n) is 5.00. The number of aryl methyl sites for hydroxylation is 1. The van der Waals surface area contributed by atoms with Crippen LogP contribution in [0.4, 0.5) is 0 Å². The van der Waals surface area contributed by atoms with Crippen LogP contribution in [0, 0.1) is 6.92 Å². The van der Waals surface area contributed by atoms with E-state index in [2.05, 4.69) is 10.1 Å². The van der Waals surface area contributed by atoms with Crippen LogP contribution in [0.1, 0.15) is 5.69 Å². The average molecular weight is 418 g/mol. The number of nitrogens with zero attached hydrogens (tertiary/aromatic N) is 3. The van der Waals surface area contributed by atoms with Crippen molar-refractivity contribution in [2.75, 3.05) is 13.4 Å². The number of para-hydroxylation sites is 1. The second-order valence-electron chi connectivity index (χ2n) is 6.76. The van der Waals surface area contributed by atoms with Crippen LogP contribution < -0.4 is 10.3 Å². The van der Waals surface area contributed by atoms with Gasteiger partial charge in [0.25, 0.3) is 5.56 Å². The molecule has 0 spiro atoms. The summed E-state index contributed by atoms with van der Waals surface area (Å²) in [5.41, 5.74) is 4.49. The summed E-state index contributed by atoms with van der Waals surface area (Å²) in [5.74, 6) is 0.809. The zero-order valence-electron chi connectivity index (χ0n) is 16.6. The fourth-order valence-electron chi connectivity index (χ4n) is 3.64. The number of methoxy groups -OCH3 is 1. The molecule has 3 heterocycles. The van der Waals surface area contributed by atoms with Crippen molar-refractivity contribution in [1.29, 1.82) is 0 Å². The lowest BCUT2D eigenvalue weighted by atomic mass is 10.1. The number of ether oxygens (including phenoxy) is 1. The maximum absolute atomic E-state index is 13.5. The van der Waals surface area contributed by atoms with E-state index in [0.29, 0.717) is 33.1 Å². The summed E-state index contributed by atoms with van der Waals surface area (Å²) in [7, 11) is 1.58. The van der Waals surface area contributed by atoms with Crippen molar-refractivity contribution in [3.8, 4) is 28.3 Å². The number of hydrogen-bond donors (Lipinski definition) is 1. The molecule has 0 aliphatic rings. The van der Waals surface area contributed by atoms with E-state index < -0.39 is 0 Å². The number of thioether (sulfide) groups is 1. The van der Waals surface area contributed by atoms with Crippen molar-refractivity contribution in [2.45, 2.75) is 11.9 Å². The first-order valence-electron chi connectivity index (χ1n) is 9.31. The summed E-state index contributed by atoms with van der Waals surface area (Å²) in [6.07, 6.45) is 1.88. The molecule has 0 aliphatic carbocycles. The molecule has 3 aromatic heterocycles. The Morgan fingerprint density at radius 3 is 2.60 bits per heavy atom. The summed E-state index contributed by atoms with van der Waals surface area (Å²) in [6.45, 7) is 1.93. The number of aromatic nitrogens is 4. The molecule has 0 aliphatic heterocycles. The molecule has 0 fully saturated rings. The SMILES string of the molecule is COc1cccc2oc(-c3c(SC)nc4c(-c5ccccc5)c(C)[nH]n4c3=O)nc12. The Bertz CT molecular complexity index is 1450. The highest BCUT2D eigenvalue weighted by atomic mass is 32.2. The minimum Gasteiger partial charge on any atom is -0.494 e. The third kappa shape index (κ3) is 2.72. The van der Waals surface area contributed by atoms with Crippen molar-refractivity contribution in [2.24, 2.45) is 0 Å². The lowest BCUT2D eigenvalue weighted by Gasteiger charge is -2.05. The largest absolute Gasteiger partial charge is 0.494 e. The first-order valence-corrected chi connectivity index (χ1v) is 10.5. The number of hydrogen-bond acceptors (Lipinski definition) is 6. The summed E-state index contributed by atoms with van der Waals surface area (Å²) >= 11 is 1.38.